The number of benzene rings is 1. The van der Waals surface area contributed by atoms with Gasteiger partial charge in [-0.2, -0.15) is 0 Å². The summed E-state index contributed by atoms with van der Waals surface area (Å²) in [6, 6.07) is 7.33. The third-order valence-corrected chi connectivity index (χ3v) is 6.20. The maximum atomic E-state index is 13.3. The van der Waals surface area contributed by atoms with Crippen LogP contribution in [0, 0.1) is 6.92 Å². The molecular weight excluding hydrogens is 454 g/mol. The number of aromatic carboxylic acids is 1. The molecule has 0 aliphatic heterocycles. The monoisotopic (exact) mass is 471 g/mol. The van der Waals surface area contributed by atoms with Crippen LogP contribution in [0.15, 0.2) is 34.4 Å². The van der Waals surface area contributed by atoms with Crippen molar-refractivity contribution in [1.29, 1.82) is 0 Å². The molecule has 1 aromatic carbocycles. The summed E-state index contributed by atoms with van der Waals surface area (Å²) in [5.41, 5.74) is 0.914. The van der Waals surface area contributed by atoms with Gasteiger partial charge in [0.15, 0.2) is 0 Å². The number of nitrogens with one attached hydrogen (secondary N) is 1. The smallest absolute Gasteiger partial charge is 0.337 e. The maximum absolute atomic E-state index is 13.3. The van der Waals surface area contributed by atoms with Gasteiger partial charge in [-0.15, -0.1) is 21.5 Å². The third kappa shape index (κ3) is 4.28. The summed E-state index contributed by atoms with van der Waals surface area (Å²) >= 11 is 2.23. The van der Waals surface area contributed by atoms with Crippen LogP contribution in [0.25, 0.3) is 21.6 Å². The summed E-state index contributed by atoms with van der Waals surface area (Å²) in [6.45, 7) is 1.82. The number of carboxylic acid groups (broad SMARTS) is 1. The minimum atomic E-state index is -1.23. The molecule has 0 unspecified atom stereocenters. The Morgan fingerprint density at radius 1 is 1.22 bits per heavy atom. The number of methoxy groups -OCH3 is 1. The van der Waals surface area contributed by atoms with Crippen molar-refractivity contribution in [3.8, 4) is 11.4 Å². The molecule has 0 spiro atoms. The first-order valence-electron chi connectivity index (χ1n) is 9.31. The normalized spacial score (nSPS) is 11.1. The van der Waals surface area contributed by atoms with Gasteiger partial charge in [0, 0.05) is 18.1 Å². The molecule has 10 nitrogen and oxygen atoms in total. The van der Waals surface area contributed by atoms with Crippen LogP contribution in [0.4, 0.5) is 5.13 Å². The summed E-state index contributed by atoms with van der Waals surface area (Å²) < 4.78 is 6.17. The van der Waals surface area contributed by atoms with Crippen molar-refractivity contribution < 1.29 is 19.4 Å². The van der Waals surface area contributed by atoms with Gasteiger partial charge in [-0.05, 0) is 6.92 Å². The molecule has 3 aromatic heterocycles. The van der Waals surface area contributed by atoms with Crippen molar-refractivity contribution in [1.82, 2.24) is 19.7 Å². The zero-order chi connectivity index (χ0) is 22.8. The topological polar surface area (TPSA) is 136 Å². The van der Waals surface area contributed by atoms with E-state index in [1.165, 1.54) is 17.1 Å². The Bertz CT molecular complexity index is 1370. The van der Waals surface area contributed by atoms with Gasteiger partial charge in [-0.25, -0.2) is 9.78 Å². The maximum Gasteiger partial charge on any atom is 0.337 e. The van der Waals surface area contributed by atoms with Gasteiger partial charge in [-0.1, -0.05) is 41.2 Å². The SMILES string of the molecule is COCc1nnc(NC(=O)Cn2c(-c3ccc(C)cc3)nc3scc(C(=O)O)c3c2=O)s1. The van der Waals surface area contributed by atoms with E-state index in [9.17, 15) is 19.5 Å². The predicted octanol–water partition coefficient (Wildman–Crippen LogP) is 2.77. The van der Waals surface area contributed by atoms with E-state index in [4.69, 9.17) is 4.74 Å². The van der Waals surface area contributed by atoms with Crippen molar-refractivity contribution in [3.05, 3.63) is 56.1 Å². The van der Waals surface area contributed by atoms with E-state index in [2.05, 4.69) is 20.5 Å². The molecule has 1 amide bonds. The Morgan fingerprint density at radius 3 is 2.66 bits per heavy atom. The van der Waals surface area contributed by atoms with Gasteiger partial charge in [0.05, 0.1) is 10.9 Å². The highest BCUT2D eigenvalue weighted by atomic mass is 32.1. The minimum Gasteiger partial charge on any atom is -0.478 e. The fraction of sp³-hybridized carbons (Fsp3) is 0.200. The fourth-order valence-corrected chi connectivity index (χ4v) is 4.67. The van der Waals surface area contributed by atoms with Crippen LogP contribution < -0.4 is 10.9 Å². The summed E-state index contributed by atoms with van der Waals surface area (Å²) in [7, 11) is 1.53. The zero-order valence-electron chi connectivity index (χ0n) is 17.0. The molecule has 0 aliphatic rings. The number of fused-ring (bicyclic) bond motifs is 1. The Balaban J connectivity index is 1.77. The van der Waals surface area contributed by atoms with Crippen LogP contribution in [0.1, 0.15) is 20.9 Å². The van der Waals surface area contributed by atoms with Gasteiger partial charge in [0.1, 0.15) is 28.8 Å². The number of nitrogens with zero attached hydrogens (tertiary/aromatic N) is 4. The molecule has 4 rings (SSSR count). The minimum absolute atomic E-state index is 0.0237. The van der Waals surface area contributed by atoms with Crippen LogP contribution in [-0.2, 0) is 22.7 Å². The van der Waals surface area contributed by atoms with Crippen LogP contribution >= 0.6 is 22.7 Å². The number of rotatable bonds is 7. The number of amides is 1. The summed E-state index contributed by atoms with van der Waals surface area (Å²) in [6.07, 6.45) is 0. The lowest BCUT2D eigenvalue weighted by molar-refractivity contribution is -0.116. The van der Waals surface area contributed by atoms with Crippen LogP contribution in [0.5, 0.6) is 0 Å². The molecule has 164 valence electrons. The zero-order valence-corrected chi connectivity index (χ0v) is 18.6. The number of aromatic nitrogens is 4. The fourth-order valence-electron chi connectivity index (χ4n) is 3.04. The van der Waals surface area contributed by atoms with Gasteiger partial charge in [-0.3, -0.25) is 19.5 Å². The molecule has 0 saturated heterocycles. The van der Waals surface area contributed by atoms with E-state index in [0.717, 1.165) is 28.2 Å². The van der Waals surface area contributed by atoms with E-state index < -0.39 is 17.4 Å². The summed E-state index contributed by atoms with van der Waals surface area (Å²) in [5.74, 6) is -1.48. The number of hydrogen-bond acceptors (Lipinski definition) is 9. The predicted molar refractivity (Wildman–Crippen MR) is 120 cm³/mol. The van der Waals surface area contributed by atoms with Gasteiger partial charge >= 0.3 is 5.97 Å². The lowest BCUT2D eigenvalue weighted by Gasteiger charge is -2.12. The molecule has 0 saturated carbocycles. The first-order valence-corrected chi connectivity index (χ1v) is 11.0. The standard InChI is InChI=1S/C20H17N5O5S2/c1-10-3-5-11(6-4-10)16-22-17-15(12(9-31-17)19(28)29)18(27)25(16)7-13(26)21-20-24-23-14(32-20)8-30-2/h3-6,9H,7-8H2,1-2H3,(H,28,29)(H,21,24,26). The van der Waals surface area contributed by atoms with Crippen LogP contribution in [0.3, 0.4) is 0 Å². The van der Waals surface area contributed by atoms with Crippen molar-refractivity contribution in [2.24, 2.45) is 0 Å². The Kier molecular flexibility index (Phi) is 6.08. The Labute approximate surface area is 189 Å². The Hall–Kier alpha value is -3.48. The van der Waals surface area contributed by atoms with E-state index in [-0.39, 0.29) is 35.1 Å². The molecule has 0 atom stereocenters. The number of thiophene rings is 1. The van der Waals surface area contributed by atoms with Gasteiger partial charge in [0.2, 0.25) is 11.0 Å². The second kappa shape index (κ2) is 8.94. The second-order valence-corrected chi connectivity index (χ2v) is 8.73. The quantitative estimate of drug-likeness (QED) is 0.420. The number of aryl methyl sites for hydroxylation is 1. The molecule has 0 aliphatic carbocycles. The van der Waals surface area contributed by atoms with Crippen molar-refractivity contribution in [3.63, 3.8) is 0 Å². The number of hydrogen-bond donors (Lipinski definition) is 2. The lowest BCUT2D eigenvalue weighted by Crippen LogP contribution is -2.30. The van der Waals surface area contributed by atoms with Crippen molar-refractivity contribution in [2.75, 3.05) is 12.4 Å². The number of carbonyl (C=O) groups excluding carboxylic acids is 1. The average molecular weight is 472 g/mol. The highest BCUT2D eigenvalue weighted by Gasteiger charge is 2.22. The van der Waals surface area contributed by atoms with E-state index in [1.54, 1.807) is 12.1 Å². The molecule has 2 N–H and O–H groups in total. The summed E-state index contributed by atoms with van der Waals surface area (Å²) in [5, 5.41) is 22.1. The first-order chi connectivity index (χ1) is 15.4. The van der Waals surface area contributed by atoms with E-state index >= 15 is 0 Å². The number of carboxylic acids is 1. The molecule has 0 bridgehead atoms. The average Bonchev–Trinajstić information content (AvgIpc) is 3.38. The number of ether oxygens (including phenoxy) is 1. The largest absolute Gasteiger partial charge is 0.478 e. The second-order valence-electron chi connectivity index (χ2n) is 6.81. The number of carbonyl (C=O) groups is 2. The highest BCUT2D eigenvalue weighted by Crippen LogP contribution is 2.26. The van der Waals surface area contributed by atoms with Crippen LogP contribution in [-0.4, -0.2) is 43.8 Å². The van der Waals surface area contributed by atoms with Gasteiger partial charge < -0.3 is 9.84 Å². The number of anilines is 1. The van der Waals surface area contributed by atoms with Crippen molar-refractivity contribution in [2.45, 2.75) is 20.1 Å². The third-order valence-electron chi connectivity index (χ3n) is 4.52. The lowest BCUT2D eigenvalue weighted by atomic mass is 10.1. The Morgan fingerprint density at radius 2 is 1.97 bits per heavy atom. The molecule has 3 heterocycles. The molecular formula is C20H17N5O5S2. The van der Waals surface area contributed by atoms with E-state index in [1.807, 2.05) is 19.1 Å². The van der Waals surface area contributed by atoms with Crippen molar-refractivity contribution >= 4 is 49.9 Å². The molecule has 0 fully saturated rings. The van der Waals surface area contributed by atoms with Gasteiger partial charge in [0.25, 0.3) is 5.56 Å². The van der Waals surface area contributed by atoms with Crippen LogP contribution in [0.2, 0.25) is 0 Å². The molecule has 12 heteroatoms. The first kappa shape index (κ1) is 21.7. The van der Waals surface area contributed by atoms with E-state index in [0.29, 0.717) is 15.4 Å². The highest BCUT2D eigenvalue weighted by molar-refractivity contribution is 7.17. The summed E-state index contributed by atoms with van der Waals surface area (Å²) in [4.78, 5) is 42.4. The molecule has 0 radical (unpaired) electrons. The molecule has 4 aromatic rings. The molecule has 32 heavy (non-hydrogen) atoms.